The summed E-state index contributed by atoms with van der Waals surface area (Å²) in [5.74, 6) is -0.387. The number of hydrogen-bond donors (Lipinski definition) is 2. The third kappa shape index (κ3) is 6.43. The van der Waals surface area contributed by atoms with Gasteiger partial charge in [-0.05, 0) is 41.3 Å². The average Bonchev–Trinajstić information content (AvgIpc) is 2.87. The third-order valence-electron chi connectivity index (χ3n) is 6.51. The Morgan fingerprint density at radius 3 is 2.28 bits per heavy atom. The van der Waals surface area contributed by atoms with Crippen molar-refractivity contribution in [2.24, 2.45) is 0 Å². The summed E-state index contributed by atoms with van der Waals surface area (Å²) < 4.78 is 28.2. The van der Waals surface area contributed by atoms with E-state index >= 15 is 0 Å². The van der Waals surface area contributed by atoms with Gasteiger partial charge in [0.25, 0.3) is 0 Å². The van der Waals surface area contributed by atoms with E-state index in [2.05, 4.69) is 5.32 Å². The first-order valence-electron chi connectivity index (χ1n) is 12.1. The first-order chi connectivity index (χ1) is 17.0. The molecule has 196 valence electrons. The van der Waals surface area contributed by atoms with Crippen molar-refractivity contribution < 1.29 is 23.1 Å². The van der Waals surface area contributed by atoms with Crippen molar-refractivity contribution in [1.29, 1.82) is 0 Å². The van der Waals surface area contributed by atoms with Gasteiger partial charge >= 0.3 is 0 Å². The molecule has 0 aliphatic carbocycles. The molecule has 2 N–H and O–H groups in total. The molecule has 0 bridgehead atoms. The van der Waals surface area contributed by atoms with Gasteiger partial charge in [-0.1, -0.05) is 38.1 Å². The van der Waals surface area contributed by atoms with E-state index in [1.54, 1.807) is 24.3 Å². The van der Waals surface area contributed by atoms with Gasteiger partial charge in [0.2, 0.25) is 21.8 Å². The lowest BCUT2D eigenvalue weighted by molar-refractivity contribution is -0.134. The van der Waals surface area contributed by atoms with Crippen molar-refractivity contribution in [2.45, 2.75) is 44.2 Å². The number of benzene rings is 2. The highest BCUT2D eigenvalue weighted by Gasteiger charge is 2.40. The van der Waals surface area contributed by atoms with Crippen molar-refractivity contribution >= 4 is 27.5 Å². The SMILES string of the molecule is CC(=O)N1CCN(S(=O)(=O)c2ccc(C(C)C)cc2)C(C(=O)NCc2ccc(N(C)CCO)cc2)C1. The first-order valence-corrected chi connectivity index (χ1v) is 13.5. The number of amides is 2. The molecule has 1 unspecified atom stereocenters. The predicted octanol–water partition coefficient (Wildman–Crippen LogP) is 1.78. The van der Waals surface area contributed by atoms with Crippen LogP contribution >= 0.6 is 0 Å². The smallest absolute Gasteiger partial charge is 0.243 e. The maximum atomic E-state index is 13.5. The maximum Gasteiger partial charge on any atom is 0.243 e. The fraction of sp³-hybridized carbons (Fsp3) is 0.462. The van der Waals surface area contributed by atoms with Gasteiger partial charge in [0, 0.05) is 52.4 Å². The van der Waals surface area contributed by atoms with E-state index in [-0.39, 0.29) is 49.5 Å². The fourth-order valence-electron chi connectivity index (χ4n) is 4.17. The van der Waals surface area contributed by atoms with Gasteiger partial charge in [0.05, 0.1) is 11.5 Å². The van der Waals surface area contributed by atoms with E-state index in [1.165, 1.54) is 16.1 Å². The lowest BCUT2D eigenvalue weighted by Gasteiger charge is -2.39. The summed E-state index contributed by atoms with van der Waals surface area (Å²) in [5.41, 5.74) is 2.81. The predicted molar refractivity (Wildman–Crippen MR) is 139 cm³/mol. The number of sulfonamides is 1. The molecule has 1 aliphatic rings. The molecule has 1 aliphatic heterocycles. The minimum Gasteiger partial charge on any atom is -0.395 e. The van der Waals surface area contributed by atoms with Crippen LogP contribution in [-0.2, 0) is 26.2 Å². The molecule has 0 radical (unpaired) electrons. The second kappa shape index (κ2) is 11.9. The lowest BCUT2D eigenvalue weighted by Crippen LogP contribution is -2.61. The van der Waals surface area contributed by atoms with Crippen LogP contribution in [0.2, 0.25) is 0 Å². The van der Waals surface area contributed by atoms with E-state index in [0.29, 0.717) is 6.54 Å². The number of nitrogens with zero attached hydrogens (tertiary/aromatic N) is 3. The number of carbonyl (C=O) groups excluding carboxylic acids is 2. The topological polar surface area (TPSA) is 110 Å². The average molecular weight is 517 g/mol. The van der Waals surface area contributed by atoms with Gasteiger partial charge in [-0.2, -0.15) is 4.31 Å². The molecule has 2 aromatic rings. The largest absolute Gasteiger partial charge is 0.395 e. The van der Waals surface area contributed by atoms with Crippen LogP contribution in [0.4, 0.5) is 5.69 Å². The van der Waals surface area contributed by atoms with Crippen LogP contribution in [-0.4, -0.2) is 80.4 Å². The third-order valence-corrected chi connectivity index (χ3v) is 8.43. The summed E-state index contributed by atoms with van der Waals surface area (Å²) in [6, 6.07) is 13.2. The molecule has 3 rings (SSSR count). The summed E-state index contributed by atoms with van der Waals surface area (Å²) in [7, 11) is -2.07. The highest BCUT2D eigenvalue weighted by Crippen LogP contribution is 2.24. The number of anilines is 1. The van der Waals surface area contributed by atoms with Crippen molar-refractivity contribution in [1.82, 2.24) is 14.5 Å². The van der Waals surface area contributed by atoms with Gasteiger partial charge in [0.1, 0.15) is 6.04 Å². The molecule has 2 aromatic carbocycles. The first kappa shape index (κ1) is 27.6. The minimum atomic E-state index is -3.94. The Balaban J connectivity index is 1.77. The number of likely N-dealkylation sites (N-methyl/N-ethyl adjacent to an activating group) is 1. The van der Waals surface area contributed by atoms with E-state index in [0.717, 1.165) is 16.8 Å². The Hall–Kier alpha value is -2.95. The summed E-state index contributed by atoms with van der Waals surface area (Å²) in [5, 5.41) is 11.9. The van der Waals surface area contributed by atoms with Gasteiger partial charge < -0.3 is 20.2 Å². The molecule has 0 aromatic heterocycles. The van der Waals surface area contributed by atoms with E-state index in [1.807, 2.05) is 50.1 Å². The monoisotopic (exact) mass is 516 g/mol. The van der Waals surface area contributed by atoms with Gasteiger partial charge in [-0.15, -0.1) is 0 Å². The van der Waals surface area contributed by atoms with Gasteiger partial charge in [-0.3, -0.25) is 9.59 Å². The normalized spacial score (nSPS) is 16.7. The summed E-state index contributed by atoms with van der Waals surface area (Å²) >= 11 is 0. The Kier molecular flexibility index (Phi) is 9.10. The number of aliphatic hydroxyl groups is 1. The van der Waals surface area contributed by atoms with Crippen LogP contribution in [0.1, 0.15) is 37.8 Å². The minimum absolute atomic E-state index is 0.00460. The molecular weight excluding hydrogens is 480 g/mol. The van der Waals surface area contributed by atoms with E-state index in [9.17, 15) is 18.0 Å². The number of piperazine rings is 1. The number of rotatable bonds is 9. The fourth-order valence-corrected chi connectivity index (χ4v) is 5.74. The van der Waals surface area contributed by atoms with Crippen molar-refractivity contribution in [2.75, 3.05) is 44.7 Å². The van der Waals surface area contributed by atoms with Crippen molar-refractivity contribution in [3.8, 4) is 0 Å². The standard InChI is InChI=1S/C26H36N4O5S/c1-19(2)22-7-11-24(12-8-22)36(34,35)30-14-13-29(20(3)32)18-25(30)26(33)27-17-21-5-9-23(10-6-21)28(4)15-16-31/h5-12,19,25,31H,13-18H2,1-4H3,(H,27,33). The maximum absolute atomic E-state index is 13.5. The van der Waals surface area contributed by atoms with Crippen LogP contribution in [0.15, 0.2) is 53.4 Å². The molecule has 1 fully saturated rings. The van der Waals surface area contributed by atoms with E-state index in [4.69, 9.17) is 5.11 Å². The zero-order chi connectivity index (χ0) is 26.5. The number of nitrogens with one attached hydrogen (secondary N) is 1. The molecule has 0 spiro atoms. The van der Waals surface area contributed by atoms with Crippen LogP contribution in [0.3, 0.4) is 0 Å². The van der Waals surface area contributed by atoms with E-state index < -0.39 is 22.0 Å². The Labute approximate surface area is 213 Å². The van der Waals surface area contributed by atoms with Crippen LogP contribution < -0.4 is 10.2 Å². The van der Waals surface area contributed by atoms with Crippen LogP contribution in [0, 0.1) is 0 Å². The van der Waals surface area contributed by atoms with Crippen molar-refractivity contribution in [3.05, 3.63) is 59.7 Å². The highest BCUT2D eigenvalue weighted by atomic mass is 32.2. The van der Waals surface area contributed by atoms with Crippen LogP contribution in [0.5, 0.6) is 0 Å². The summed E-state index contributed by atoms with van der Waals surface area (Å²) in [6.07, 6.45) is 0. The molecule has 9 nitrogen and oxygen atoms in total. The zero-order valence-corrected chi connectivity index (χ0v) is 22.2. The van der Waals surface area contributed by atoms with Gasteiger partial charge in [0.15, 0.2) is 0 Å². The van der Waals surface area contributed by atoms with Crippen molar-refractivity contribution in [3.63, 3.8) is 0 Å². The summed E-state index contributed by atoms with van der Waals surface area (Å²) in [6.45, 7) is 6.52. The lowest BCUT2D eigenvalue weighted by atomic mass is 10.0. The molecule has 0 saturated carbocycles. The Morgan fingerprint density at radius 1 is 1.08 bits per heavy atom. The molecule has 36 heavy (non-hydrogen) atoms. The Bertz CT molecular complexity index is 1150. The molecule has 1 saturated heterocycles. The second-order valence-corrected chi connectivity index (χ2v) is 11.2. The highest BCUT2D eigenvalue weighted by molar-refractivity contribution is 7.89. The van der Waals surface area contributed by atoms with Gasteiger partial charge in [-0.25, -0.2) is 8.42 Å². The molecule has 1 atom stereocenters. The van der Waals surface area contributed by atoms with Crippen LogP contribution in [0.25, 0.3) is 0 Å². The number of hydrogen-bond acceptors (Lipinski definition) is 6. The molecule has 10 heteroatoms. The quantitative estimate of drug-likeness (QED) is 0.526. The molecule has 1 heterocycles. The zero-order valence-electron chi connectivity index (χ0n) is 21.3. The number of aliphatic hydroxyl groups excluding tert-OH is 1. The summed E-state index contributed by atoms with van der Waals surface area (Å²) in [4.78, 5) is 28.8. The Morgan fingerprint density at radius 2 is 1.72 bits per heavy atom. The second-order valence-electron chi connectivity index (χ2n) is 9.35. The molecular formula is C26H36N4O5S. The molecule has 2 amide bonds. The number of carbonyl (C=O) groups is 2.